The molecule has 0 aromatic carbocycles. The summed E-state index contributed by atoms with van der Waals surface area (Å²) in [4.78, 5) is 49.4. The molecule has 0 saturated carbocycles. The van der Waals surface area contributed by atoms with E-state index in [1.807, 2.05) is 0 Å². The van der Waals surface area contributed by atoms with Gasteiger partial charge in [-0.15, -0.1) is 0 Å². The van der Waals surface area contributed by atoms with Crippen LogP contribution in [0.4, 0.5) is 17.6 Å². The van der Waals surface area contributed by atoms with Gasteiger partial charge in [0.15, 0.2) is 18.4 Å². The standard InChI is InChI=1S/C19H22F4N2O9S/c1-8(26)31-6-12-13(32-9(2)27)14(33-10(3)28)16(34-12)25-4-11(15(35)24-18(25)29)5-30-7-19(22,23)17(20)21/h4,12-14,16-17H,5-7H2,1-3H3,(H,24,29,35)/t12-,13-,14-,16-/m1/s1. The van der Waals surface area contributed by atoms with E-state index in [1.54, 1.807) is 0 Å². The molecule has 0 spiro atoms. The number of alkyl halides is 4. The fourth-order valence-electron chi connectivity index (χ4n) is 3.10. The highest BCUT2D eigenvalue weighted by atomic mass is 32.1. The maximum atomic E-state index is 13.1. The second-order valence-electron chi connectivity index (χ2n) is 7.39. The summed E-state index contributed by atoms with van der Waals surface area (Å²) in [6.07, 6.45) is -8.26. The molecule has 4 atom stereocenters. The second-order valence-corrected chi connectivity index (χ2v) is 7.80. The zero-order valence-electron chi connectivity index (χ0n) is 18.6. The number of aromatic amines is 1. The molecule has 0 amide bonds. The number of hydrogen-bond donors (Lipinski definition) is 1. The van der Waals surface area contributed by atoms with Gasteiger partial charge in [0, 0.05) is 32.5 Å². The summed E-state index contributed by atoms with van der Waals surface area (Å²) in [5.74, 6) is -6.72. The molecule has 0 bridgehead atoms. The lowest BCUT2D eigenvalue weighted by molar-refractivity contribution is -0.168. The Morgan fingerprint density at radius 1 is 1.14 bits per heavy atom. The van der Waals surface area contributed by atoms with E-state index in [0.29, 0.717) is 0 Å². The molecule has 0 radical (unpaired) electrons. The van der Waals surface area contributed by atoms with Gasteiger partial charge in [0.2, 0.25) is 0 Å². The van der Waals surface area contributed by atoms with Crippen LogP contribution in [0.15, 0.2) is 11.0 Å². The topological polar surface area (TPSA) is 135 Å². The number of carbonyl (C=O) groups is 3. The molecule has 2 rings (SSSR count). The van der Waals surface area contributed by atoms with Crippen molar-refractivity contribution in [2.75, 3.05) is 13.2 Å². The van der Waals surface area contributed by atoms with Gasteiger partial charge in [-0.2, -0.15) is 8.78 Å². The molecule has 1 aliphatic heterocycles. The maximum Gasteiger partial charge on any atom is 0.330 e. The number of carbonyl (C=O) groups excluding carboxylic acids is 3. The van der Waals surface area contributed by atoms with Crippen LogP contribution in [0, 0.1) is 4.64 Å². The minimum Gasteiger partial charge on any atom is -0.463 e. The smallest absolute Gasteiger partial charge is 0.330 e. The molecule has 35 heavy (non-hydrogen) atoms. The lowest BCUT2D eigenvalue weighted by Crippen LogP contribution is -2.42. The number of rotatable bonds is 10. The minimum absolute atomic E-state index is 0.0673. The molecule has 1 N–H and O–H groups in total. The summed E-state index contributed by atoms with van der Waals surface area (Å²) in [5, 5.41) is 0. The van der Waals surface area contributed by atoms with E-state index >= 15 is 0 Å². The fourth-order valence-corrected chi connectivity index (χ4v) is 3.29. The summed E-state index contributed by atoms with van der Waals surface area (Å²) in [5.41, 5.74) is -0.962. The monoisotopic (exact) mass is 530 g/mol. The van der Waals surface area contributed by atoms with Gasteiger partial charge in [0.25, 0.3) is 0 Å². The molecule has 0 unspecified atom stereocenters. The Labute approximate surface area is 200 Å². The van der Waals surface area contributed by atoms with Crippen molar-refractivity contribution < 1.29 is 55.6 Å². The zero-order chi connectivity index (χ0) is 26.5. The predicted molar refractivity (Wildman–Crippen MR) is 108 cm³/mol. The summed E-state index contributed by atoms with van der Waals surface area (Å²) in [6.45, 7) is 0.490. The lowest BCUT2D eigenvalue weighted by atomic mass is 10.1. The molecule has 11 nitrogen and oxygen atoms in total. The normalized spacial score (nSPS) is 22.2. The Kier molecular flexibility index (Phi) is 9.51. The van der Waals surface area contributed by atoms with Crippen molar-refractivity contribution >= 4 is 30.1 Å². The second kappa shape index (κ2) is 11.7. The SMILES string of the molecule is CC(=O)OC[C@H]1O[C@@H](n2cc(COCC(F)(F)C(F)F)c(=S)[nH]c2=O)[C@H](OC(C)=O)[C@@H]1OC(C)=O. The van der Waals surface area contributed by atoms with Crippen molar-refractivity contribution in [1.82, 2.24) is 9.55 Å². The Bertz CT molecular complexity index is 1060. The quantitative estimate of drug-likeness (QED) is 0.206. The summed E-state index contributed by atoms with van der Waals surface area (Å²) >= 11 is 4.97. The average Bonchev–Trinajstić information content (AvgIpc) is 3.03. The van der Waals surface area contributed by atoms with E-state index < -0.39 is 80.3 Å². The molecular formula is C19H22F4N2O9S. The van der Waals surface area contributed by atoms with Crippen LogP contribution in [0.1, 0.15) is 32.6 Å². The van der Waals surface area contributed by atoms with Crippen molar-refractivity contribution in [3.05, 3.63) is 26.9 Å². The molecule has 0 aliphatic carbocycles. The molecule has 1 aromatic heterocycles. The number of aromatic nitrogens is 2. The van der Waals surface area contributed by atoms with Crippen LogP contribution < -0.4 is 5.69 Å². The number of H-pyrrole nitrogens is 1. The molecule has 196 valence electrons. The molecule has 2 heterocycles. The molecule has 1 aromatic rings. The van der Waals surface area contributed by atoms with Crippen LogP contribution in [0.2, 0.25) is 0 Å². The first kappa shape index (κ1) is 28.4. The van der Waals surface area contributed by atoms with Crippen molar-refractivity contribution in [3.8, 4) is 0 Å². The minimum atomic E-state index is -4.41. The highest BCUT2D eigenvalue weighted by Crippen LogP contribution is 2.34. The van der Waals surface area contributed by atoms with Gasteiger partial charge >= 0.3 is 35.9 Å². The van der Waals surface area contributed by atoms with Crippen LogP contribution >= 0.6 is 12.2 Å². The van der Waals surface area contributed by atoms with Crippen molar-refractivity contribution in [2.24, 2.45) is 0 Å². The van der Waals surface area contributed by atoms with Gasteiger partial charge in [-0.25, -0.2) is 13.6 Å². The molecule has 1 saturated heterocycles. The van der Waals surface area contributed by atoms with Crippen molar-refractivity contribution in [1.29, 1.82) is 0 Å². The van der Waals surface area contributed by atoms with Gasteiger partial charge < -0.3 is 23.7 Å². The number of esters is 3. The summed E-state index contributed by atoms with van der Waals surface area (Å²) < 4.78 is 77.2. The molecule has 1 fully saturated rings. The van der Waals surface area contributed by atoms with E-state index in [-0.39, 0.29) is 10.2 Å². The molecule has 16 heteroatoms. The Balaban J connectivity index is 2.40. The summed E-state index contributed by atoms with van der Waals surface area (Å²) in [6, 6.07) is 0. The third-order valence-corrected chi connectivity index (χ3v) is 4.89. The van der Waals surface area contributed by atoms with Crippen LogP contribution in [0.5, 0.6) is 0 Å². The van der Waals surface area contributed by atoms with Gasteiger partial charge in [0.1, 0.15) is 24.0 Å². The predicted octanol–water partition coefficient (Wildman–Crippen LogP) is 1.65. The lowest BCUT2D eigenvalue weighted by Gasteiger charge is -2.24. The van der Waals surface area contributed by atoms with Gasteiger partial charge in [-0.3, -0.25) is 23.9 Å². The van der Waals surface area contributed by atoms with Crippen LogP contribution in [-0.4, -0.2) is 71.3 Å². The summed E-state index contributed by atoms with van der Waals surface area (Å²) in [7, 11) is 0. The van der Waals surface area contributed by atoms with Gasteiger partial charge in [-0.1, -0.05) is 12.2 Å². The first-order chi connectivity index (χ1) is 16.2. The third kappa shape index (κ3) is 7.57. The van der Waals surface area contributed by atoms with E-state index in [0.717, 1.165) is 31.5 Å². The van der Waals surface area contributed by atoms with Crippen molar-refractivity contribution in [2.45, 2.75) is 64.3 Å². The molecular weight excluding hydrogens is 508 g/mol. The molecule has 1 aliphatic rings. The van der Waals surface area contributed by atoms with Crippen LogP contribution in [0.3, 0.4) is 0 Å². The number of ether oxygens (including phenoxy) is 5. The number of hydrogen-bond acceptors (Lipinski definition) is 10. The van der Waals surface area contributed by atoms with E-state index in [1.165, 1.54) is 0 Å². The third-order valence-electron chi connectivity index (χ3n) is 4.53. The number of halogens is 4. The van der Waals surface area contributed by atoms with Crippen LogP contribution in [0.25, 0.3) is 0 Å². The van der Waals surface area contributed by atoms with E-state index in [9.17, 15) is 36.7 Å². The highest BCUT2D eigenvalue weighted by molar-refractivity contribution is 7.71. The van der Waals surface area contributed by atoms with Gasteiger partial charge in [0.05, 0.1) is 6.61 Å². The Hall–Kier alpha value is -2.85. The van der Waals surface area contributed by atoms with Crippen molar-refractivity contribution in [3.63, 3.8) is 0 Å². The van der Waals surface area contributed by atoms with E-state index in [4.69, 9.17) is 31.2 Å². The Morgan fingerprint density at radius 2 is 1.74 bits per heavy atom. The average molecular weight is 530 g/mol. The highest BCUT2D eigenvalue weighted by Gasteiger charge is 2.51. The zero-order valence-corrected chi connectivity index (χ0v) is 19.4. The first-order valence-corrected chi connectivity index (χ1v) is 10.3. The van der Waals surface area contributed by atoms with E-state index in [2.05, 4.69) is 9.72 Å². The Morgan fingerprint density at radius 3 is 2.29 bits per heavy atom. The fraction of sp³-hybridized carbons (Fsp3) is 0.632. The first-order valence-electron chi connectivity index (χ1n) is 9.94. The van der Waals surface area contributed by atoms with Gasteiger partial charge in [-0.05, 0) is 0 Å². The maximum absolute atomic E-state index is 13.1. The number of nitrogens with zero attached hydrogens (tertiary/aromatic N) is 1. The number of nitrogens with one attached hydrogen (secondary N) is 1. The largest absolute Gasteiger partial charge is 0.463 e. The van der Waals surface area contributed by atoms with Crippen LogP contribution in [-0.2, 0) is 44.7 Å².